The van der Waals surface area contributed by atoms with Crippen LogP contribution >= 0.6 is 0 Å². The zero-order valence-electron chi connectivity index (χ0n) is 16.4. The lowest BCUT2D eigenvalue weighted by atomic mass is 9.96. The van der Waals surface area contributed by atoms with Crippen molar-refractivity contribution in [2.45, 2.75) is 47.1 Å². The van der Waals surface area contributed by atoms with E-state index in [9.17, 15) is 4.79 Å². The maximum Gasteiger partial charge on any atom is 0.253 e. The standard InChI is InChI=1S/C20H28N4O2/c1-13-9-18(10-14(2)19(13)26-5)20(25)23-8-6-7-17(11-23)12-24-16(4)21-15(3)22-24/h9-10,17H,6-8,11-12H2,1-5H3. The molecule has 140 valence electrons. The summed E-state index contributed by atoms with van der Waals surface area (Å²) in [6.07, 6.45) is 2.14. The second-order valence-corrected chi connectivity index (χ2v) is 7.29. The van der Waals surface area contributed by atoms with Crippen molar-refractivity contribution >= 4 is 5.91 Å². The van der Waals surface area contributed by atoms with Gasteiger partial charge in [-0.2, -0.15) is 5.10 Å². The number of likely N-dealkylation sites (tertiary alicyclic amines) is 1. The van der Waals surface area contributed by atoms with E-state index in [4.69, 9.17) is 4.74 Å². The molecular weight excluding hydrogens is 328 g/mol. The molecule has 1 aliphatic rings. The molecule has 0 N–H and O–H groups in total. The largest absolute Gasteiger partial charge is 0.496 e. The fourth-order valence-corrected chi connectivity index (χ4v) is 3.96. The number of amides is 1. The van der Waals surface area contributed by atoms with Crippen LogP contribution in [0.4, 0.5) is 0 Å². The number of aryl methyl sites for hydroxylation is 4. The van der Waals surface area contributed by atoms with Crippen molar-refractivity contribution in [3.8, 4) is 5.75 Å². The average molecular weight is 356 g/mol. The van der Waals surface area contributed by atoms with Gasteiger partial charge in [-0.1, -0.05) is 0 Å². The summed E-state index contributed by atoms with van der Waals surface area (Å²) in [5, 5.41) is 4.46. The number of benzene rings is 1. The van der Waals surface area contributed by atoms with Crippen LogP contribution in [0.15, 0.2) is 12.1 Å². The zero-order valence-corrected chi connectivity index (χ0v) is 16.4. The minimum atomic E-state index is 0.107. The monoisotopic (exact) mass is 356 g/mol. The van der Waals surface area contributed by atoms with Gasteiger partial charge in [0.15, 0.2) is 0 Å². The molecule has 3 rings (SSSR count). The van der Waals surface area contributed by atoms with E-state index in [0.29, 0.717) is 5.92 Å². The first-order chi connectivity index (χ1) is 12.4. The summed E-state index contributed by atoms with van der Waals surface area (Å²) >= 11 is 0. The zero-order chi connectivity index (χ0) is 18.8. The van der Waals surface area contributed by atoms with Crippen molar-refractivity contribution in [2.24, 2.45) is 5.92 Å². The summed E-state index contributed by atoms with van der Waals surface area (Å²) in [6.45, 7) is 10.3. The first-order valence-corrected chi connectivity index (χ1v) is 9.21. The van der Waals surface area contributed by atoms with Gasteiger partial charge in [0.2, 0.25) is 0 Å². The van der Waals surface area contributed by atoms with Gasteiger partial charge in [0.1, 0.15) is 17.4 Å². The molecule has 26 heavy (non-hydrogen) atoms. The fraction of sp³-hybridized carbons (Fsp3) is 0.550. The molecule has 2 aromatic rings. The molecule has 0 radical (unpaired) electrons. The van der Waals surface area contributed by atoms with Crippen LogP contribution < -0.4 is 4.74 Å². The van der Waals surface area contributed by atoms with Crippen molar-refractivity contribution in [2.75, 3.05) is 20.2 Å². The predicted octanol–water partition coefficient (Wildman–Crippen LogP) is 3.07. The number of carbonyl (C=O) groups is 1. The van der Waals surface area contributed by atoms with Gasteiger partial charge in [-0.15, -0.1) is 0 Å². The van der Waals surface area contributed by atoms with Crippen LogP contribution in [-0.2, 0) is 6.54 Å². The molecule has 1 aromatic carbocycles. The average Bonchev–Trinajstić information content (AvgIpc) is 2.91. The Hall–Kier alpha value is -2.37. The molecule has 6 nitrogen and oxygen atoms in total. The molecule has 1 fully saturated rings. The molecule has 1 aromatic heterocycles. The smallest absolute Gasteiger partial charge is 0.253 e. The van der Waals surface area contributed by atoms with Crippen LogP contribution in [0, 0.1) is 33.6 Å². The Morgan fingerprint density at radius 2 is 1.92 bits per heavy atom. The third kappa shape index (κ3) is 3.74. The van der Waals surface area contributed by atoms with Crippen LogP contribution in [0.5, 0.6) is 5.75 Å². The van der Waals surface area contributed by atoms with Gasteiger partial charge in [-0.25, -0.2) is 9.67 Å². The van der Waals surface area contributed by atoms with Crippen molar-refractivity contribution in [1.29, 1.82) is 0 Å². The van der Waals surface area contributed by atoms with E-state index in [0.717, 1.165) is 66.6 Å². The van der Waals surface area contributed by atoms with E-state index in [2.05, 4.69) is 10.1 Å². The van der Waals surface area contributed by atoms with Crippen molar-refractivity contribution < 1.29 is 9.53 Å². The summed E-state index contributed by atoms with van der Waals surface area (Å²) in [6, 6.07) is 3.87. The molecule has 1 saturated heterocycles. The number of ether oxygens (including phenoxy) is 1. The predicted molar refractivity (Wildman–Crippen MR) is 101 cm³/mol. The van der Waals surface area contributed by atoms with Crippen molar-refractivity contribution in [1.82, 2.24) is 19.7 Å². The Morgan fingerprint density at radius 1 is 1.23 bits per heavy atom. The van der Waals surface area contributed by atoms with Gasteiger partial charge in [-0.3, -0.25) is 4.79 Å². The lowest BCUT2D eigenvalue weighted by Gasteiger charge is -2.33. The highest BCUT2D eigenvalue weighted by molar-refractivity contribution is 5.95. The second-order valence-electron chi connectivity index (χ2n) is 7.29. The Morgan fingerprint density at radius 3 is 2.50 bits per heavy atom. The van der Waals surface area contributed by atoms with E-state index >= 15 is 0 Å². The summed E-state index contributed by atoms with van der Waals surface area (Å²) in [7, 11) is 1.67. The molecular formula is C20H28N4O2. The first kappa shape index (κ1) is 18.4. The molecule has 1 unspecified atom stereocenters. The van der Waals surface area contributed by atoms with E-state index in [1.54, 1.807) is 7.11 Å². The van der Waals surface area contributed by atoms with Crippen LogP contribution in [-0.4, -0.2) is 45.8 Å². The third-order valence-corrected chi connectivity index (χ3v) is 5.11. The second kappa shape index (κ2) is 7.48. The molecule has 0 saturated carbocycles. The summed E-state index contributed by atoms with van der Waals surface area (Å²) in [5.74, 6) is 3.11. The van der Waals surface area contributed by atoms with E-state index in [1.165, 1.54) is 0 Å². The van der Waals surface area contributed by atoms with Crippen LogP contribution in [0.2, 0.25) is 0 Å². The summed E-state index contributed by atoms with van der Waals surface area (Å²) in [5.41, 5.74) is 2.74. The maximum atomic E-state index is 13.0. The molecule has 1 aliphatic heterocycles. The molecule has 0 aliphatic carbocycles. The van der Waals surface area contributed by atoms with Crippen LogP contribution in [0.25, 0.3) is 0 Å². The number of hydrogen-bond donors (Lipinski definition) is 0. The Bertz CT molecular complexity index is 789. The highest BCUT2D eigenvalue weighted by atomic mass is 16.5. The topological polar surface area (TPSA) is 60.2 Å². The number of carbonyl (C=O) groups excluding carboxylic acids is 1. The molecule has 2 heterocycles. The van der Waals surface area contributed by atoms with E-state index in [1.807, 2.05) is 49.4 Å². The minimum absolute atomic E-state index is 0.107. The van der Waals surface area contributed by atoms with E-state index in [-0.39, 0.29) is 5.91 Å². The lowest BCUT2D eigenvalue weighted by Crippen LogP contribution is -2.41. The SMILES string of the molecule is COc1c(C)cc(C(=O)N2CCCC(Cn3nc(C)nc3C)C2)cc1C. The normalized spacial score (nSPS) is 17.4. The van der Waals surface area contributed by atoms with Gasteiger partial charge in [0.25, 0.3) is 5.91 Å². The third-order valence-electron chi connectivity index (χ3n) is 5.11. The number of rotatable bonds is 4. The van der Waals surface area contributed by atoms with Crippen LogP contribution in [0.1, 0.15) is 46.0 Å². The highest BCUT2D eigenvalue weighted by Crippen LogP contribution is 2.26. The summed E-state index contributed by atoms with van der Waals surface area (Å²) in [4.78, 5) is 19.4. The summed E-state index contributed by atoms with van der Waals surface area (Å²) < 4.78 is 7.38. The maximum absolute atomic E-state index is 13.0. The number of methoxy groups -OCH3 is 1. The van der Waals surface area contributed by atoms with Gasteiger partial charge >= 0.3 is 0 Å². The Balaban J connectivity index is 1.73. The van der Waals surface area contributed by atoms with Gasteiger partial charge in [-0.05, 0) is 69.7 Å². The van der Waals surface area contributed by atoms with Gasteiger partial charge < -0.3 is 9.64 Å². The minimum Gasteiger partial charge on any atom is -0.496 e. The molecule has 1 amide bonds. The fourth-order valence-electron chi connectivity index (χ4n) is 3.96. The van der Waals surface area contributed by atoms with E-state index < -0.39 is 0 Å². The first-order valence-electron chi connectivity index (χ1n) is 9.21. The number of aromatic nitrogens is 3. The van der Waals surface area contributed by atoms with Crippen LogP contribution in [0.3, 0.4) is 0 Å². The van der Waals surface area contributed by atoms with Gasteiger partial charge in [0, 0.05) is 25.2 Å². The molecule has 0 bridgehead atoms. The van der Waals surface area contributed by atoms with Gasteiger partial charge in [0.05, 0.1) is 7.11 Å². The van der Waals surface area contributed by atoms with Crippen molar-refractivity contribution in [3.05, 3.63) is 40.5 Å². The quantitative estimate of drug-likeness (QED) is 0.845. The number of hydrogen-bond acceptors (Lipinski definition) is 4. The Labute approximate surface area is 155 Å². The highest BCUT2D eigenvalue weighted by Gasteiger charge is 2.26. The Kier molecular flexibility index (Phi) is 5.30. The molecule has 6 heteroatoms. The number of piperidine rings is 1. The van der Waals surface area contributed by atoms with Crippen molar-refractivity contribution in [3.63, 3.8) is 0 Å². The molecule has 0 spiro atoms. The number of nitrogens with zero attached hydrogens (tertiary/aromatic N) is 4. The lowest BCUT2D eigenvalue weighted by molar-refractivity contribution is 0.0659. The molecule has 1 atom stereocenters.